The third-order valence-corrected chi connectivity index (χ3v) is 6.11. The summed E-state index contributed by atoms with van der Waals surface area (Å²) in [5, 5.41) is 3.34. The highest BCUT2D eigenvalue weighted by atomic mass is 19.3. The summed E-state index contributed by atoms with van der Waals surface area (Å²) in [5.74, 6) is 0.901. The van der Waals surface area contributed by atoms with Crippen LogP contribution in [0.1, 0.15) is 18.7 Å². The molecule has 2 aliphatic heterocycles. The van der Waals surface area contributed by atoms with Crippen molar-refractivity contribution in [2.75, 3.05) is 63.3 Å². The summed E-state index contributed by atoms with van der Waals surface area (Å²) >= 11 is 0. The Labute approximate surface area is 200 Å². The number of rotatable bonds is 8. The van der Waals surface area contributed by atoms with Gasteiger partial charge in [-0.2, -0.15) is 9.97 Å². The van der Waals surface area contributed by atoms with Crippen LogP contribution in [0.4, 0.5) is 20.5 Å². The van der Waals surface area contributed by atoms with E-state index in [0.717, 1.165) is 0 Å². The molecule has 4 heterocycles. The third-order valence-electron chi connectivity index (χ3n) is 6.11. The maximum atomic E-state index is 14.0. The van der Waals surface area contributed by atoms with Crippen molar-refractivity contribution in [2.45, 2.75) is 18.9 Å². The Morgan fingerprint density at radius 3 is 2.71 bits per heavy atom. The van der Waals surface area contributed by atoms with Gasteiger partial charge >= 0.3 is 0 Å². The molecule has 3 aromatic rings. The van der Waals surface area contributed by atoms with Crippen LogP contribution in [0.3, 0.4) is 0 Å². The molecule has 186 valence electrons. The van der Waals surface area contributed by atoms with Crippen LogP contribution in [0.5, 0.6) is 0 Å². The second-order valence-corrected chi connectivity index (χ2v) is 8.49. The first kappa shape index (κ1) is 23.4. The number of carbonyl (C=O) groups excluding carboxylic acids is 1. The van der Waals surface area contributed by atoms with Gasteiger partial charge in [-0.25, -0.2) is 13.8 Å². The molecule has 35 heavy (non-hydrogen) atoms. The average Bonchev–Trinajstić information content (AvgIpc) is 3.25. The Hall–Kier alpha value is -3.38. The first-order valence-corrected chi connectivity index (χ1v) is 11.5. The molecule has 0 bridgehead atoms. The summed E-state index contributed by atoms with van der Waals surface area (Å²) in [6.45, 7) is 3.72. The van der Waals surface area contributed by atoms with Crippen LogP contribution in [-0.2, 0) is 14.3 Å². The Balaban J connectivity index is 1.46. The molecular formula is C23H27F2N7O3. The molecule has 0 aliphatic carbocycles. The van der Waals surface area contributed by atoms with Gasteiger partial charge in [-0.05, 0) is 12.1 Å². The van der Waals surface area contributed by atoms with E-state index in [0.29, 0.717) is 81.0 Å². The van der Waals surface area contributed by atoms with E-state index >= 15 is 0 Å². The molecule has 2 fully saturated rings. The van der Waals surface area contributed by atoms with Gasteiger partial charge in [0.2, 0.25) is 11.9 Å². The fourth-order valence-corrected chi connectivity index (χ4v) is 4.28. The lowest BCUT2D eigenvalue weighted by Gasteiger charge is -2.40. The highest BCUT2D eigenvalue weighted by molar-refractivity contribution is 5.79. The monoisotopic (exact) mass is 487 g/mol. The molecule has 2 saturated heterocycles. The number of nitrogens with zero attached hydrogens (tertiary/aromatic N) is 6. The zero-order valence-electron chi connectivity index (χ0n) is 19.4. The first-order valence-electron chi connectivity index (χ1n) is 11.5. The number of morpholine rings is 1. The van der Waals surface area contributed by atoms with Gasteiger partial charge in [-0.1, -0.05) is 12.1 Å². The summed E-state index contributed by atoms with van der Waals surface area (Å²) in [6, 6.07) is 8.63. The fraction of sp³-hybridized carbons (Fsp3) is 0.478. The molecule has 1 amide bonds. The molecule has 0 spiro atoms. The minimum absolute atomic E-state index is 0.00381. The minimum Gasteiger partial charge on any atom is -0.384 e. The van der Waals surface area contributed by atoms with E-state index in [2.05, 4.69) is 20.3 Å². The molecule has 0 atom stereocenters. The van der Waals surface area contributed by atoms with Crippen LogP contribution in [0.2, 0.25) is 0 Å². The van der Waals surface area contributed by atoms with E-state index in [1.807, 2.05) is 4.90 Å². The predicted molar refractivity (Wildman–Crippen MR) is 125 cm³/mol. The molecule has 1 N–H and O–H groups in total. The van der Waals surface area contributed by atoms with Crippen LogP contribution in [-0.4, -0.2) is 89.5 Å². The molecule has 0 radical (unpaired) electrons. The van der Waals surface area contributed by atoms with Crippen LogP contribution in [0, 0.1) is 0 Å². The van der Waals surface area contributed by atoms with Crippen molar-refractivity contribution in [3.05, 3.63) is 36.2 Å². The predicted octanol–water partition coefficient (Wildman–Crippen LogP) is 2.25. The smallest absolute Gasteiger partial charge is 0.296 e. The number of hydrogen-bond donors (Lipinski definition) is 1. The number of nitrogens with one attached hydrogen (secondary N) is 1. The maximum absolute atomic E-state index is 14.0. The SMILES string of the molecule is COCCC(=O)N1CC(Nc2cc(-n3c(C(F)F)nc4ccccc43)nc(N3CCOCC3)n2)C1. The van der Waals surface area contributed by atoms with E-state index in [9.17, 15) is 13.6 Å². The van der Waals surface area contributed by atoms with Crippen LogP contribution >= 0.6 is 0 Å². The number of likely N-dealkylation sites (tertiary alicyclic amines) is 1. The molecule has 10 nitrogen and oxygen atoms in total. The lowest BCUT2D eigenvalue weighted by Crippen LogP contribution is -2.57. The number of benzene rings is 1. The topological polar surface area (TPSA) is 97.6 Å². The summed E-state index contributed by atoms with van der Waals surface area (Å²) in [4.78, 5) is 29.4. The van der Waals surface area contributed by atoms with Gasteiger partial charge in [0.15, 0.2) is 5.82 Å². The van der Waals surface area contributed by atoms with Crippen molar-refractivity contribution in [2.24, 2.45) is 0 Å². The maximum Gasteiger partial charge on any atom is 0.296 e. The number of imidazole rings is 1. The van der Waals surface area contributed by atoms with E-state index in [-0.39, 0.29) is 17.8 Å². The second-order valence-electron chi connectivity index (χ2n) is 8.49. The Bertz CT molecular complexity index is 1190. The van der Waals surface area contributed by atoms with E-state index in [4.69, 9.17) is 9.47 Å². The van der Waals surface area contributed by atoms with Gasteiger partial charge < -0.3 is 24.6 Å². The zero-order valence-corrected chi connectivity index (χ0v) is 19.4. The fourth-order valence-electron chi connectivity index (χ4n) is 4.28. The number of ether oxygens (including phenoxy) is 2. The lowest BCUT2D eigenvalue weighted by atomic mass is 10.1. The van der Waals surface area contributed by atoms with Crippen molar-refractivity contribution in [1.82, 2.24) is 24.4 Å². The van der Waals surface area contributed by atoms with Crippen LogP contribution < -0.4 is 10.2 Å². The van der Waals surface area contributed by atoms with Crippen molar-refractivity contribution in [1.29, 1.82) is 0 Å². The minimum atomic E-state index is -2.78. The number of aromatic nitrogens is 4. The molecule has 0 unspecified atom stereocenters. The van der Waals surface area contributed by atoms with Crippen LogP contribution in [0.25, 0.3) is 16.9 Å². The number of alkyl halides is 2. The summed E-state index contributed by atoms with van der Waals surface area (Å²) < 4.78 is 39.7. The lowest BCUT2D eigenvalue weighted by molar-refractivity contribution is -0.136. The largest absolute Gasteiger partial charge is 0.384 e. The van der Waals surface area contributed by atoms with Crippen LogP contribution in [0.15, 0.2) is 30.3 Å². The number of methoxy groups -OCH3 is 1. The van der Waals surface area contributed by atoms with Crippen molar-refractivity contribution < 1.29 is 23.0 Å². The number of carbonyl (C=O) groups is 1. The summed E-state index contributed by atoms with van der Waals surface area (Å²) in [6.07, 6.45) is -2.44. The third kappa shape index (κ3) is 4.89. The van der Waals surface area contributed by atoms with E-state index < -0.39 is 6.43 Å². The summed E-state index contributed by atoms with van der Waals surface area (Å²) in [7, 11) is 1.56. The number of anilines is 2. The number of halogens is 2. The number of amides is 1. The second kappa shape index (κ2) is 10.1. The quantitative estimate of drug-likeness (QED) is 0.517. The van der Waals surface area contributed by atoms with Gasteiger partial charge in [0, 0.05) is 39.4 Å². The molecule has 2 aromatic heterocycles. The molecule has 0 saturated carbocycles. The van der Waals surface area contributed by atoms with Gasteiger partial charge in [-0.3, -0.25) is 9.36 Å². The molecule has 1 aromatic carbocycles. The first-order chi connectivity index (χ1) is 17.0. The van der Waals surface area contributed by atoms with E-state index in [1.54, 1.807) is 42.3 Å². The van der Waals surface area contributed by atoms with Gasteiger partial charge in [0.25, 0.3) is 6.43 Å². The highest BCUT2D eigenvalue weighted by Gasteiger charge is 2.31. The Morgan fingerprint density at radius 2 is 1.97 bits per heavy atom. The number of hydrogen-bond acceptors (Lipinski definition) is 8. The zero-order chi connectivity index (χ0) is 24.4. The van der Waals surface area contributed by atoms with Crippen molar-refractivity contribution >= 4 is 28.7 Å². The normalized spacial score (nSPS) is 16.7. The van der Waals surface area contributed by atoms with Gasteiger partial charge in [0.05, 0.1) is 43.3 Å². The molecular weight excluding hydrogens is 460 g/mol. The number of para-hydroxylation sites is 2. The Morgan fingerprint density at radius 1 is 1.20 bits per heavy atom. The Kier molecular flexibility index (Phi) is 6.73. The van der Waals surface area contributed by atoms with E-state index in [1.165, 1.54) is 4.57 Å². The van der Waals surface area contributed by atoms with Crippen molar-refractivity contribution in [3.63, 3.8) is 0 Å². The summed E-state index contributed by atoms with van der Waals surface area (Å²) in [5.41, 5.74) is 1.01. The molecule has 2 aliphatic rings. The molecule has 12 heteroatoms. The number of fused-ring (bicyclic) bond motifs is 1. The van der Waals surface area contributed by atoms with Crippen molar-refractivity contribution in [3.8, 4) is 5.82 Å². The van der Waals surface area contributed by atoms with Gasteiger partial charge in [0.1, 0.15) is 11.6 Å². The standard InChI is InChI=1S/C23H27F2N7O3/c1-34-9-6-20(33)31-13-15(14-31)26-18-12-19(29-23(28-18)30-7-10-35-11-8-30)32-17-5-3-2-4-16(17)27-22(32)21(24)25/h2-5,12,15,21H,6-11,13-14H2,1H3,(H,26,28,29). The van der Waals surface area contributed by atoms with Gasteiger partial charge in [-0.15, -0.1) is 0 Å². The molecule has 5 rings (SSSR count). The average molecular weight is 488 g/mol. The highest BCUT2D eigenvalue weighted by Crippen LogP contribution is 2.29.